The molecule has 5 nitrogen and oxygen atoms in total. The molecule has 1 atom stereocenters. The zero-order valence-corrected chi connectivity index (χ0v) is 7.91. The van der Waals surface area contributed by atoms with Gasteiger partial charge in [0, 0.05) is 6.61 Å². The van der Waals surface area contributed by atoms with Gasteiger partial charge in [-0.1, -0.05) is 5.16 Å². The molecule has 0 radical (unpaired) electrons. The fraction of sp³-hybridized carbons (Fsp3) is 0.714. The summed E-state index contributed by atoms with van der Waals surface area (Å²) in [6, 6.07) is -0.815. The Morgan fingerprint density at radius 1 is 1.53 bits per heavy atom. The highest BCUT2D eigenvalue weighted by Gasteiger charge is 2.38. The summed E-state index contributed by atoms with van der Waals surface area (Å²) >= 11 is 0. The van der Waals surface area contributed by atoms with Crippen molar-refractivity contribution in [2.45, 2.75) is 19.1 Å². The smallest absolute Gasteiger partial charge is 0.380 e. The van der Waals surface area contributed by atoms with E-state index in [9.17, 15) is 13.2 Å². The predicted octanol–water partition coefficient (Wildman–Crippen LogP) is 1.12. The second-order valence-electron chi connectivity index (χ2n) is 2.72. The molecule has 1 aromatic heterocycles. The minimum Gasteiger partial charge on any atom is -0.380 e. The normalized spacial score (nSPS) is 14.2. The van der Waals surface area contributed by atoms with Crippen LogP contribution in [0.3, 0.4) is 0 Å². The van der Waals surface area contributed by atoms with Crippen molar-refractivity contribution >= 4 is 0 Å². The molecule has 8 heteroatoms. The first-order valence-electron chi connectivity index (χ1n) is 4.19. The van der Waals surface area contributed by atoms with Gasteiger partial charge in [-0.15, -0.1) is 0 Å². The SMILES string of the molecule is CCOCC(N)c1noc(C(F)(F)F)n1. The van der Waals surface area contributed by atoms with Crippen molar-refractivity contribution in [2.75, 3.05) is 13.2 Å². The lowest BCUT2D eigenvalue weighted by molar-refractivity contribution is -0.159. The fourth-order valence-corrected chi connectivity index (χ4v) is 0.820. The van der Waals surface area contributed by atoms with Gasteiger partial charge in [-0.05, 0) is 6.92 Å². The number of halogens is 3. The zero-order chi connectivity index (χ0) is 11.5. The van der Waals surface area contributed by atoms with Gasteiger partial charge in [-0.3, -0.25) is 0 Å². The van der Waals surface area contributed by atoms with Crippen LogP contribution in [0.4, 0.5) is 13.2 Å². The molecule has 0 aliphatic carbocycles. The third-order valence-corrected chi connectivity index (χ3v) is 1.52. The maximum atomic E-state index is 12.0. The quantitative estimate of drug-likeness (QED) is 0.831. The minimum atomic E-state index is -4.64. The molecule has 86 valence electrons. The summed E-state index contributed by atoms with van der Waals surface area (Å²) in [5, 5.41) is 3.12. The fourth-order valence-electron chi connectivity index (χ4n) is 0.820. The molecule has 1 heterocycles. The lowest BCUT2D eigenvalue weighted by atomic mass is 10.3. The summed E-state index contributed by atoms with van der Waals surface area (Å²) in [6.45, 7) is 2.20. The van der Waals surface area contributed by atoms with Crippen LogP contribution in [0.25, 0.3) is 0 Å². The third kappa shape index (κ3) is 3.17. The van der Waals surface area contributed by atoms with Gasteiger partial charge in [0.2, 0.25) is 0 Å². The maximum absolute atomic E-state index is 12.0. The molecule has 1 rings (SSSR count). The molecular formula is C7H10F3N3O2. The number of aromatic nitrogens is 2. The zero-order valence-electron chi connectivity index (χ0n) is 7.91. The van der Waals surface area contributed by atoms with Crippen molar-refractivity contribution in [3.05, 3.63) is 11.7 Å². The second kappa shape index (κ2) is 4.58. The van der Waals surface area contributed by atoms with Crippen LogP contribution in [-0.2, 0) is 10.9 Å². The van der Waals surface area contributed by atoms with Crippen molar-refractivity contribution in [1.29, 1.82) is 0 Å². The minimum absolute atomic E-state index is 0.0489. The number of nitrogens with two attached hydrogens (primary N) is 1. The molecule has 15 heavy (non-hydrogen) atoms. The Morgan fingerprint density at radius 3 is 2.67 bits per heavy atom. The Kier molecular flexibility index (Phi) is 3.64. The molecule has 0 fully saturated rings. The van der Waals surface area contributed by atoms with E-state index in [-0.39, 0.29) is 12.4 Å². The highest BCUT2D eigenvalue weighted by molar-refractivity contribution is 4.95. The summed E-state index contributed by atoms with van der Waals surface area (Å²) < 4.78 is 45.1. The monoisotopic (exact) mass is 225 g/mol. The van der Waals surface area contributed by atoms with E-state index >= 15 is 0 Å². The summed E-state index contributed by atoms with van der Waals surface area (Å²) in [4.78, 5) is 3.13. The van der Waals surface area contributed by atoms with Crippen molar-refractivity contribution < 1.29 is 22.4 Å². The Morgan fingerprint density at radius 2 is 2.20 bits per heavy atom. The van der Waals surface area contributed by atoms with E-state index in [1.54, 1.807) is 6.92 Å². The van der Waals surface area contributed by atoms with Crippen molar-refractivity contribution in [1.82, 2.24) is 10.1 Å². The topological polar surface area (TPSA) is 74.2 Å². The second-order valence-corrected chi connectivity index (χ2v) is 2.72. The lowest BCUT2D eigenvalue weighted by Gasteiger charge is -2.05. The van der Waals surface area contributed by atoms with Gasteiger partial charge in [0.15, 0.2) is 5.82 Å². The number of nitrogens with zero attached hydrogens (tertiary/aromatic N) is 2. The molecule has 0 aromatic carbocycles. The van der Waals surface area contributed by atoms with E-state index in [4.69, 9.17) is 10.5 Å². The first-order chi connectivity index (χ1) is 6.95. The summed E-state index contributed by atoms with van der Waals surface area (Å²) in [5.74, 6) is -1.61. The van der Waals surface area contributed by atoms with E-state index in [0.29, 0.717) is 6.61 Å². The average Bonchev–Trinajstić information content (AvgIpc) is 2.62. The van der Waals surface area contributed by atoms with E-state index in [1.807, 2.05) is 0 Å². The maximum Gasteiger partial charge on any atom is 0.471 e. The first-order valence-corrected chi connectivity index (χ1v) is 4.19. The number of alkyl halides is 3. The number of hydrogen-bond donors (Lipinski definition) is 1. The molecule has 0 spiro atoms. The molecule has 2 N–H and O–H groups in total. The van der Waals surface area contributed by atoms with Crippen LogP contribution in [0.15, 0.2) is 4.52 Å². The van der Waals surface area contributed by atoms with Gasteiger partial charge < -0.3 is 15.0 Å². The number of ether oxygens (including phenoxy) is 1. The average molecular weight is 225 g/mol. The molecule has 0 bridgehead atoms. The van der Waals surface area contributed by atoms with Gasteiger partial charge in [0.05, 0.1) is 12.6 Å². The standard InChI is InChI=1S/C7H10F3N3O2/c1-2-14-3-4(11)5-12-6(15-13-5)7(8,9)10/h4H,2-3,11H2,1H3. The Hall–Kier alpha value is -1.15. The summed E-state index contributed by atoms with van der Waals surface area (Å²) in [6.07, 6.45) is -4.64. The van der Waals surface area contributed by atoms with Crippen LogP contribution < -0.4 is 5.73 Å². The Labute approximate surface area is 83.4 Å². The van der Waals surface area contributed by atoms with Crippen LogP contribution in [0.1, 0.15) is 24.7 Å². The molecule has 0 saturated carbocycles. The first kappa shape index (κ1) is 11.9. The summed E-state index contributed by atoms with van der Waals surface area (Å²) in [7, 11) is 0. The van der Waals surface area contributed by atoms with Gasteiger partial charge in [0.1, 0.15) is 0 Å². The molecule has 0 amide bonds. The highest BCUT2D eigenvalue weighted by atomic mass is 19.4. The molecule has 0 saturated heterocycles. The molecule has 0 aliphatic rings. The molecule has 1 unspecified atom stereocenters. The van der Waals surface area contributed by atoms with E-state index in [1.165, 1.54) is 0 Å². The van der Waals surface area contributed by atoms with Crippen LogP contribution in [0.2, 0.25) is 0 Å². The van der Waals surface area contributed by atoms with Gasteiger partial charge in [-0.25, -0.2) is 0 Å². The predicted molar refractivity (Wildman–Crippen MR) is 42.7 cm³/mol. The van der Waals surface area contributed by atoms with Crippen LogP contribution in [0.5, 0.6) is 0 Å². The van der Waals surface area contributed by atoms with Crippen LogP contribution >= 0.6 is 0 Å². The largest absolute Gasteiger partial charge is 0.471 e. The van der Waals surface area contributed by atoms with E-state index in [2.05, 4.69) is 14.7 Å². The number of hydrogen-bond acceptors (Lipinski definition) is 5. The molecule has 0 aliphatic heterocycles. The van der Waals surface area contributed by atoms with Gasteiger partial charge in [-0.2, -0.15) is 18.2 Å². The van der Waals surface area contributed by atoms with Crippen LogP contribution in [-0.4, -0.2) is 23.4 Å². The Balaban J connectivity index is 2.67. The van der Waals surface area contributed by atoms with Gasteiger partial charge in [0.25, 0.3) is 0 Å². The lowest BCUT2D eigenvalue weighted by Crippen LogP contribution is -2.19. The third-order valence-electron chi connectivity index (χ3n) is 1.52. The Bertz CT molecular complexity index is 313. The highest BCUT2D eigenvalue weighted by Crippen LogP contribution is 2.27. The van der Waals surface area contributed by atoms with Crippen molar-refractivity contribution in [3.63, 3.8) is 0 Å². The molecular weight excluding hydrogens is 215 g/mol. The number of rotatable bonds is 4. The van der Waals surface area contributed by atoms with Gasteiger partial charge >= 0.3 is 12.1 Å². The van der Waals surface area contributed by atoms with Crippen molar-refractivity contribution in [2.24, 2.45) is 5.73 Å². The molecule has 1 aromatic rings. The van der Waals surface area contributed by atoms with E-state index < -0.39 is 18.1 Å². The summed E-state index contributed by atoms with van der Waals surface area (Å²) in [5.41, 5.74) is 5.46. The van der Waals surface area contributed by atoms with Crippen molar-refractivity contribution in [3.8, 4) is 0 Å². The van der Waals surface area contributed by atoms with Crippen LogP contribution in [0, 0.1) is 0 Å². The van der Waals surface area contributed by atoms with E-state index in [0.717, 1.165) is 0 Å².